The average Bonchev–Trinajstić information content (AvgIpc) is 2.44. The van der Waals surface area contributed by atoms with Gasteiger partial charge in [0, 0.05) is 13.6 Å². The number of halogens is 1. The molecule has 0 bridgehead atoms. The van der Waals surface area contributed by atoms with Crippen molar-refractivity contribution in [3.05, 3.63) is 29.8 Å². The quantitative estimate of drug-likeness (QED) is 0.841. The third kappa shape index (κ3) is 6.82. The van der Waals surface area contributed by atoms with E-state index in [2.05, 4.69) is 6.92 Å². The molecular formula is C16H27ClN2O2. The molecule has 0 aromatic heterocycles. The Balaban J connectivity index is 0.00000400. The van der Waals surface area contributed by atoms with Gasteiger partial charge in [0.15, 0.2) is 6.61 Å². The molecule has 1 aromatic carbocycles. The second kappa shape index (κ2) is 8.90. The van der Waals surface area contributed by atoms with Crippen LogP contribution in [0.5, 0.6) is 5.75 Å². The van der Waals surface area contributed by atoms with Crippen molar-refractivity contribution >= 4 is 18.3 Å². The maximum atomic E-state index is 12.0. The van der Waals surface area contributed by atoms with Crippen LogP contribution in [0.15, 0.2) is 24.3 Å². The van der Waals surface area contributed by atoms with E-state index < -0.39 is 0 Å². The van der Waals surface area contributed by atoms with Gasteiger partial charge in [-0.15, -0.1) is 12.4 Å². The van der Waals surface area contributed by atoms with Crippen molar-refractivity contribution in [3.8, 4) is 5.75 Å². The topological polar surface area (TPSA) is 55.6 Å². The van der Waals surface area contributed by atoms with Crippen molar-refractivity contribution in [2.24, 2.45) is 11.1 Å². The number of nitrogens with zero attached hydrogens (tertiary/aromatic N) is 1. The molecule has 0 saturated carbocycles. The lowest BCUT2D eigenvalue weighted by Crippen LogP contribution is -2.41. The molecule has 21 heavy (non-hydrogen) atoms. The molecule has 0 aliphatic rings. The number of nitrogens with two attached hydrogens (primary N) is 1. The van der Waals surface area contributed by atoms with Gasteiger partial charge in [-0.25, -0.2) is 0 Å². The molecule has 0 aliphatic heterocycles. The highest BCUT2D eigenvalue weighted by molar-refractivity contribution is 5.85. The summed E-state index contributed by atoms with van der Waals surface area (Å²) in [6.07, 6.45) is 0.996. The van der Waals surface area contributed by atoms with E-state index >= 15 is 0 Å². The zero-order valence-corrected chi connectivity index (χ0v) is 14.2. The Hall–Kier alpha value is -1.26. The summed E-state index contributed by atoms with van der Waals surface area (Å²) in [7, 11) is 1.78. The predicted molar refractivity (Wildman–Crippen MR) is 89.0 cm³/mol. The molecule has 1 amide bonds. The van der Waals surface area contributed by atoms with Crippen LogP contribution in [-0.2, 0) is 11.2 Å². The van der Waals surface area contributed by atoms with E-state index in [0.29, 0.717) is 13.1 Å². The van der Waals surface area contributed by atoms with Gasteiger partial charge < -0.3 is 15.4 Å². The Labute approximate surface area is 134 Å². The van der Waals surface area contributed by atoms with Crippen LogP contribution in [0, 0.1) is 5.41 Å². The van der Waals surface area contributed by atoms with Crippen LogP contribution in [-0.4, -0.2) is 37.6 Å². The molecule has 0 unspecified atom stereocenters. The van der Waals surface area contributed by atoms with Crippen LogP contribution < -0.4 is 10.5 Å². The summed E-state index contributed by atoms with van der Waals surface area (Å²) in [4.78, 5) is 13.7. The van der Waals surface area contributed by atoms with Gasteiger partial charge in [0.2, 0.25) is 0 Å². The van der Waals surface area contributed by atoms with Crippen molar-refractivity contribution in [3.63, 3.8) is 0 Å². The first-order valence-corrected chi connectivity index (χ1v) is 7.03. The minimum Gasteiger partial charge on any atom is -0.484 e. The summed E-state index contributed by atoms with van der Waals surface area (Å²) in [6.45, 7) is 7.42. The fourth-order valence-corrected chi connectivity index (χ4v) is 1.87. The van der Waals surface area contributed by atoms with Gasteiger partial charge in [0.25, 0.3) is 5.91 Å². The van der Waals surface area contributed by atoms with Crippen molar-refractivity contribution in [2.45, 2.75) is 27.2 Å². The molecule has 0 saturated heterocycles. The molecule has 0 fully saturated rings. The zero-order valence-electron chi connectivity index (χ0n) is 13.4. The molecule has 0 radical (unpaired) electrons. The smallest absolute Gasteiger partial charge is 0.260 e. The molecule has 2 N–H and O–H groups in total. The fourth-order valence-electron chi connectivity index (χ4n) is 1.87. The Morgan fingerprint density at radius 3 is 2.33 bits per heavy atom. The minimum atomic E-state index is -0.0762. The Kier molecular flexibility index (Phi) is 8.37. The SMILES string of the molecule is CCc1ccc(OCC(=O)N(C)CC(C)(C)CN)cc1.Cl. The Morgan fingerprint density at radius 2 is 1.86 bits per heavy atom. The van der Waals surface area contributed by atoms with Gasteiger partial charge in [-0.2, -0.15) is 0 Å². The molecule has 0 heterocycles. The highest BCUT2D eigenvalue weighted by atomic mass is 35.5. The minimum absolute atomic E-state index is 0. The van der Waals surface area contributed by atoms with E-state index in [9.17, 15) is 4.79 Å². The highest BCUT2D eigenvalue weighted by Crippen LogP contribution is 2.15. The number of rotatable bonds is 7. The largest absolute Gasteiger partial charge is 0.484 e. The Bertz CT molecular complexity index is 432. The first-order chi connectivity index (χ1) is 9.38. The summed E-state index contributed by atoms with van der Waals surface area (Å²) in [5, 5.41) is 0. The number of aryl methyl sites for hydroxylation is 1. The number of carbonyl (C=O) groups excluding carboxylic acids is 1. The lowest BCUT2D eigenvalue weighted by molar-refractivity contribution is -0.133. The van der Waals surface area contributed by atoms with Gasteiger partial charge in [-0.05, 0) is 36.1 Å². The fraction of sp³-hybridized carbons (Fsp3) is 0.562. The molecule has 120 valence electrons. The van der Waals surface area contributed by atoms with Crippen LogP contribution in [0.25, 0.3) is 0 Å². The number of hydrogen-bond acceptors (Lipinski definition) is 3. The van der Waals surface area contributed by atoms with Crippen LogP contribution >= 0.6 is 12.4 Å². The molecule has 0 spiro atoms. The summed E-state index contributed by atoms with van der Waals surface area (Å²) in [5.41, 5.74) is 6.86. The summed E-state index contributed by atoms with van der Waals surface area (Å²) < 4.78 is 5.51. The van der Waals surface area contributed by atoms with Gasteiger partial charge in [0.05, 0.1) is 0 Å². The van der Waals surface area contributed by atoms with E-state index in [-0.39, 0.29) is 30.3 Å². The number of ether oxygens (including phenoxy) is 1. The van der Waals surface area contributed by atoms with Crippen molar-refractivity contribution in [1.82, 2.24) is 4.90 Å². The summed E-state index contributed by atoms with van der Waals surface area (Å²) in [6, 6.07) is 7.83. The van der Waals surface area contributed by atoms with Gasteiger partial charge in [0.1, 0.15) is 5.75 Å². The van der Waals surface area contributed by atoms with E-state index in [1.807, 2.05) is 38.1 Å². The molecule has 0 aliphatic carbocycles. The second-order valence-corrected chi connectivity index (χ2v) is 5.90. The highest BCUT2D eigenvalue weighted by Gasteiger charge is 2.21. The van der Waals surface area contributed by atoms with Crippen molar-refractivity contribution < 1.29 is 9.53 Å². The maximum absolute atomic E-state index is 12.0. The third-order valence-corrected chi connectivity index (χ3v) is 3.34. The lowest BCUT2D eigenvalue weighted by atomic mass is 9.93. The van der Waals surface area contributed by atoms with Crippen LogP contribution in [0.2, 0.25) is 0 Å². The number of likely N-dealkylation sites (N-methyl/N-ethyl adjacent to an activating group) is 1. The van der Waals surface area contributed by atoms with Gasteiger partial charge in [-0.3, -0.25) is 4.79 Å². The molecule has 4 nitrogen and oxygen atoms in total. The molecule has 1 aromatic rings. The van der Waals surface area contributed by atoms with Crippen molar-refractivity contribution in [1.29, 1.82) is 0 Å². The van der Waals surface area contributed by atoms with Crippen LogP contribution in [0.3, 0.4) is 0 Å². The Morgan fingerprint density at radius 1 is 1.29 bits per heavy atom. The van der Waals surface area contributed by atoms with E-state index in [1.54, 1.807) is 11.9 Å². The first kappa shape index (κ1) is 19.7. The normalized spacial score (nSPS) is 10.7. The molecule has 0 atom stereocenters. The van der Waals surface area contributed by atoms with E-state index in [0.717, 1.165) is 12.2 Å². The lowest BCUT2D eigenvalue weighted by Gasteiger charge is -2.29. The number of benzene rings is 1. The number of hydrogen-bond donors (Lipinski definition) is 1. The maximum Gasteiger partial charge on any atom is 0.260 e. The predicted octanol–water partition coefficient (Wildman–Crippen LogP) is 2.49. The molecular weight excluding hydrogens is 288 g/mol. The zero-order chi connectivity index (χ0) is 15.2. The van der Waals surface area contributed by atoms with E-state index in [1.165, 1.54) is 5.56 Å². The second-order valence-electron chi connectivity index (χ2n) is 5.90. The average molecular weight is 315 g/mol. The van der Waals surface area contributed by atoms with Crippen LogP contribution in [0.4, 0.5) is 0 Å². The molecule has 5 heteroatoms. The van der Waals surface area contributed by atoms with Gasteiger partial charge in [-0.1, -0.05) is 32.9 Å². The van der Waals surface area contributed by atoms with Crippen molar-refractivity contribution in [2.75, 3.05) is 26.7 Å². The van der Waals surface area contributed by atoms with Gasteiger partial charge >= 0.3 is 0 Å². The summed E-state index contributed by atoms with van der Waals surface area (Å²) >= 11 is 0. The number of carbonyl (C=O) groups is 1. The standard InChI is InChI=1S/C16H26N2O2.ClH/c1-5-13-6-8-14(9-7-13)20-10-15(19)18(4)12-16(2,3)11-17;/h6-9H,5,10-12,17H2,1-4H3;1H. The third-order valence-electron chi connectivity index (χ3n) is 3.34. The van der Waals surface area contributed by atoms with Crippen LogP contribution in [0.1, 0.15) is 26.3 Å². The first-order valence-electron chi connectivity index (χ1n) is 7.03. The monoisotopic (exact) mass is 314 g/mol. The molecule has 1 rings (SSSR count). The van der Waals surface area contributed by atoms with E-state index in [4.69, 9.17) is 10.5 Å². The number of amides is 1. The summed E-state index contributed by atoms with van der Waals surface area (Å²) in [5.74, 6) is 0.688.